The Morgan fingerprint density at radius 3 is 2.13 bits per heavy atom. The zero-order valence-corrected chi connectivity index (χ0v) is 17.0. The van der Waals surface area contributed by atoms with Crippen LogP contribution in [0.2, 0.25) is 18.1 Å². The van der Waals surface area contributed by atoms with Gasteiger partial charge in [0, 0.05) is 14.2 Å². The first-order chi connectivity index (χ1) is 10.3. The van der Waals surface area contributed by atoms with E-state index in [4.69, 9.17) is 23.4 Å². The molecule has 3 atom stereocenters. The molecule has 0 bridgehead atoms. The third kappa shape index (κ3) is 5.22. The summed E-state index contributed by atoms with van der Waals surface area (Å²) in [6.45, 7) is 14.9. The van der Waals surface area contributed by atoms with Gasteiger partial charge in [-0.15, -0.1) is 0 Å². The molecular formula is C16H34O6Si. The summed E-state index contributed by atoms with van der Waals surface area (Å²) in [5, 5.41) is 10.7. The highest BCUT2D eigenvalue weighted by molar-refractivity contribution is 6.74. The molecule has 0 aromatic carbocycles. The van der Waals surface area contributed by atoms with E-state index in [0.29, 0.717) is 6.61 Å². The first-order valence-electron chi connectivity index (χ1n) is 8.08. The minimum absolute atomic E-state index is 0.0530. The average Bonchev–Trinajstić information content (AvgIpc) is 2.40. The minimum atomic E-state index is -2.03. The van der Waals surface area contributed by atoms with Gasteiger partial charge in [-0.1, -0.05) is 20.8 Å². The number of aliphatic hydroxyl groups is 1. The summed E-state index contributed by atoms with van der Waals surface area (Å²) in [6, 6.07) is 0. The van der Waals surface area contributed by atoms with Gasteiger partial charge in [-0.2, -0.15) is 0 Å². The Morgan fingerprint density at radius 1 is 1.17 bits per heavy atom. The van der Waals surface area contributed by atoms with Gasteiger partial charge in [-0.25, -0.2) is 0 Å². The normalized spacial score (nSPS) is 27.3. The van der Waals surface area contributed by atoms with E-state index in [0.717, 1.165) is 0 Å². The summed E-state index contributed by atoms with van der Waals surface area (Å²) in [6.07, 6.45) is -2.70. The molecule has 1 saturated heterocycles. The van der Waals surface area contributed by atoms with Gasteiger partial charge in [-0.3, -0.25) is 0 Å². The lowest BCUT2D eigenvalue weighted by atomic mass is 10.1. The number of aliphatic hydroxyl groups excluding tert-OH is 1. The van der Waals surface area contributed by atoms with Crippen LogP contribution in [0.3, 0.4) is 0 Å². The number of methoxy groups -OCH3 is 2. The van der Waals surface area contributed by atoms with Crippen LogP contribution < -0.4 is 0 Å². The molecule has 1 N–H and O–H groups in total. The average molecular weight is 351 g/mol. The molecule has 0 radical (unpaired) electrons. The summed E-state index contributed by atoms with van der Waals surface area (Å²) in [4.78, 5) is 0. The van der Waals surface area contributed by atoms with Gasteiger partial charge in [0.2, 0.25) is 0 Å². The third-order valence-electron chi connectivity index (χ3n) is 4.71. The van der Waals surface area contributed by atoms with E-state index in [1.165, 1.54) is 14.2 Å². The highest BCUT2D eigenvalue weighted by Crippen LogP contribution is 2.39. The van der Waals surface area contributed by atoms with Crippen LogP contribution in [0, 0.1) is 0 Å². The summed E-state index contributed by atoms with van der Waals surface area (Å²) in [5.74, 6) is -0.787. The summed E-state index contributed by atoms with van der Waals surface area (Å²) in [5.41, 5.74) is 0. The second-order valence-electron chi connectivity index (χ2n) is 8.04. The molecular weight excluding hydrogens is 316 g/mol. The maximum Gasteiger partial charge on any atom is 0.192 e. The molecule has 0 aliphatic carbocycles. The lowest BCUT2D eigenvalue weighted by Crippen LogP contribution is -2.60. The molecule has 0 aromatic rings. The van der Waals surface area contributed by atoms with Gasteiger partial charge in [-0.05, 0) is 32.0 Å². The van der Waals surface area contributed by atoms with Crippen molar-refractivity contribution in [3.05, 3.63) is 0 Å². The maximum absolute atomic E-state index is 10.6. The number of hydrogen-bond acceptors (Lipinski definition) is 6. The van der Waals surface area contributed by atoms with Crippen LogP contribution in [0.1, 0.15) is 34.6 Å². The second kappa shape index (κ2) is 7.47. The largest absolute Gasteiger partial charge is 0.409 e. The zero-order valence-electron chi connectivity index (χ0n) is 16.0. The molecule has 0 amide bonds. The monoisotopic (exact) mass is 350 g/mol. The van der Waals surface area contributed by atoms with Crippen molar-refractivity contribution in [2.45, 2.75) is 83.1 Å². The Labute approximate surface area is 141 Å². The van der Waals surface area contributed by atoms with Gasteiger partial charge in [0.05, 0.1) is 12.7 Å². The molecule has 138 valence electrons. The number of ether oxygens (including phenoxy) is 4. The molecule has 1 aliphatic heterocycles. The molecule has 0 unspecified atom stereocenters. The van der Waals surface area contributed by atoms with Crippen LogP contribution in [0.25, 0.3) is 0 Å². The van der Waals surface area contributed by atoms with E-state index in [1.807, 2.05) is 13.8 Å². The summed E-state index contributed by atoms with van der Waals surface area (Å²) >= 11 is 0. The van der Waals surface area contributed by atoms with E-state index in [-0.39, 0.29) is 11.1 Å². The van der Waals surface area contributed by atoms with E-state index < -0.39 is 32.6 Å². The van der Waals surface area contributed by atoms with Crippen molar-refractivity contribution in [1.29, 1.82) is 0 Å². The van der Waals surface area contributed by atoms with Gasteiger partial charge >= 0.3 is 0 Å². The maximum atomic E-state index is 10.6. The molecule has 1 rings (SSSR count). The van der Waals surface area contributed by atoms with Crippen LogP contribution >= 0.6 is 0 Å². The fourth-order valence-corrected chi connectivity index (χ4v) is 3.60. The standard InChI is InChI=1S/C16H34O6Si/c1-15(2,3)23(8,9)22-11-10-20-16(4,5)21-13(11)12(17)14(18-6)19-7/h11-14,17H,10H2,1-9H3/t11-,12+,13+/m0/s1. The predicted molar refractivity (Wildman–Crippen MR) is 90.8 cm³/mol. The van der Waals surface area contributed by atoms with Crippen molar-refractivity contribution in [2.75, 3.05) is 20.8 Å². The van der Waals surface area contributed by atoms with Crippen molar-refractivity contribution >= 4 is 8.32 Å². The molecule has 7 heteroatoms. The van der Waals surface area contributed by atoms with Crippen molar-refractivity contribution in [3.63, 3.8) is 0 Å². The topological polar surface area (TPSA) is 66.4 Å². The Hall–Kier alpha value is -0.0231. The Bertz CT molecular complexity index is 375. The van der Waals surface area contributed by atoms with Crippen LogP contribution in [0.4, 0.5) is 0 Å². The molecule has 1 fully saturated rings. The van der Waals surface area contributed by atoms with Crippen molar-refractivity contribution in [3.8, 4) is 0 Å². The fourth-order valence-electron chi connectivity index (χ4n) is 2.29. The quantitative estimate of drug-likeness (QED) is 0.586. The van der Waals surface area contributed by atoms with Crippen molar-refractivity contribution < 1.29 is 28.5 Å². The van der Waals surface area contributed by atoms with Crippen molar-refractivity contribution in [2.24, 2.45) is 0 Å². The second-order valence-corrected chi connectivity index (χ2v) is 12.8. The van der Waals surface area contributed by atoms with Crippen LogP contribution in [0.15, 0.2) is 0 Å². The van der Waals surface area contributed by atoms with Gasteiger partial charge < -0.3 is 28.5 Å². The van der Waals surface area contributed by atoms with Gasteiger partial charge in [0.25, 0.3) is 0 Å². The SMILES string of the molecule is COC(OC)[C@H](O)[C@@H]1OC(C)(C)OC[C@@H]1O[Si](C)(C)C(C)(C)C. The number of hydrogen-bond donors (Lipinski definition) is 1. The summed E-state index contributed by atoms with van der Waals surface area (Å²) < 4.78 is 28.5. The highest BCUT2D eigenvalue weighted by Gasteiger charge is 2.48. The fraction of sp³-hybridized carbons (Fsp3) is 1.00. The van der Waals surface area contributed by atoms with Crippen LogP contribution in [-0.2, 0) is 23.4 Å². The first kappa shape index (κ1) is 21.0. The van der Waals surface area contributed by atoms with Gasteiger partial charge in [0.1, 0.15) is 12.2 Å². The number of rotatable bonds is 6. The molecule has 1 aliphatic rings. The Morgan fingerprint density at radius 2 is 1.70 bits per heavy atom. The van der Waals surface area contributed by atoms with E-state index >= 15 is 0 Å². The minimum Gasteiger partial charge on any atom is -0.409 e. The molecule has 0 saturated carbocycles. The summed E-state index contributed by atoms with van der Waals surface area (Å²) in [7, 11) is 0.949. The molecule has 23 heavy (non-hydrogen) atoms. The van der Waals surface area contributed by atoms with Crippen molar-refractivity contribution in [1.82, 2.24) is 0 Å². The Balaban J connectivity index is 2.99. The lowest BCUT2D eigenvalue weighted by Gasteiger charge is -2.47. The molecule has 0 aromatic heterocycles. The van der Waals surface area contributed by atoms with Gasteiger partial charge in [0.15, 0.2) is 20.4 Å². The van der Waals surface area contributed by atoms with E-state index in [1.54, 1.807) is 0 Å². The van der Waals surface area contributed by atoms with E-state index in [2.05, 4.69) is 33.9 Å². The van der Waals surface area contributed by atoms with Crippen LogP contribution in [-0.4, -0.2) is 64.6 Å². The zero-order chi connectivity index (χ0) is 18.1. The highest BCUT2D eigenvalue weighted by atomic mass is 28.4. The Kier molecular flexibility index (Phi) is 6.83. The third-order valence-corrected chi connectivity index (χ3v) is 9.22. The first-order valence-corrected chi connectivity index (χ1v) is 11.0. The molecule has 0 spiro atoms. The predicted octanol–water partition coefficient (Wildman–Crippen LogP) is 2.51. The van der Waals surface area contributed by atoms with E-state index in [9.17, 15) is 5.11 Å². The smallest absolute Gasteiger partial charge is 0.192 e. The molecule has 6 nitrogen and oxygen atoms in total. The van der Waals surface area contributed by atoms with Crippen LogP contribution in [0.5, 0.6) is 0 Å². The lowest BCUT2D eigenvalue weighted by molar-refractivity contribution is -0.332. The molecule has 1 heterocycles.